The van der Waals surface area contributed by atoms with E-state index in [-0.39, 0.29) is 11.8 Å². The predicted octanol–water partition coefficient (Wildman–Crippen LogP) is 1.04. The van der Waals surface area contributed by atoms with Crippen LogP contribution in [-0.4, -0.2) is 23.8 Å². The van der Waals surface area contributed by atoms with Crippen LogP contribution in [-0.2, 0) is 9.59 Å². The van der Waals surface area contributed by atoms with Crippen LogP contribution in [0.4, 0.5) is 0 Å². The second-order valence-corrected chi connectivity index (χ2v) is 3.76. The van der Waals surface area contributed by atoms with Crippen molar-refractivity contribution in [2.24, 2.45) is 11.8 Å². The molecule has 1 saturated carbocycles. The first-order chi connectivity index (χ1) is 5.65. The lowest BCUT2D eigenvalue weighted by atomic mass is 10.2. The van der Waals surface area contributed by atoms with E-state index in [2.05, 4.69) is 0 Å². The van der Waals surface area contributed by atoms with Gasteiger partial charge in [-0.05, 0) is 18.8 Å². The van der Waals surface area contributed by atoms with Gasteiger partial charge in [-0.2, -0.15) is 0 Å². The van der Waals surface area contributed by atoms with Gasteiger partial charge in [-0.3, -0.25) is 14.5 Å². The maximum atomic E-state index is 11.4. The van der Waals surface area contributed by atoms with E-state index < -0.39 is 0 Å². The van der Waals surface area contributed by atoms with Crippen molar-refractivity contribution < 1.29 is 9.59 Å². The van der Waals surface area contributed by atoms with E-state index in [0.717, 1.165) is 12.8 Å². The Morgan fingerprint density at radius 3 is 2.50 bits per heavy atom. The molecule has 1 fully saturated rings. The minimum atomic E-state index is 0.0127. The largest absolute Gasteiger partial charge is 0.285 e. The molecule has 3 heteroatoms. The molecule has 0 saturated heterocycles. The van der Waals surface area contributed by atoms with Gasteiger partial charge in [0, 0.05) is 12.5 Å². The number of carbonyl (C=O) groups is 2. The molecule has 0 atom stereocenters. The fourth-order valence-corrected chi connectivity index (χ4v) is 1.14. The molecule has 0 aromatic carbocycles. The Hall–Kier alpha value is -0.860. The van der Waals surface area contributed by atoms with Crippen molar-refractivity contribution in [3.8, 4) is 0 Å². The number of hydrogen-bond donors (Lipinski definition) is 0. The van der Waals surface area contributed by atoms with Crippen LogP contribution in [0.25, 0.3) is 0 Å². The third-order valence-corrected chi connectivity index (χ3v) is 1.90. The smallest absolute Gasteiger partial charge is 0.232 e. The van der Waals surface area contributed by atoms with Crippen LogP contribution in [0, 0.1) is 11.8 Å². The van der Waals surface area contributed by atoms with Crippen LogP contribution >= 0.6 is 0 Å². The van der Waals surface area contributed by atoms with E-state index in [1.165, 1.54) is 4.90 Å². The summed E-state index contributed by atoms with van der Waals surface area (Å²) in [4.78, 5) is 23.2. The van der Waals surface area contributed by atoms with Crippen LogP contribution in [0.1, 0.15) is 26.7 Å². The highest BCUT2D eigenvalue weighted by Gasteiger charge is 2.33. The lowest BCUT2D eigenvalue weighted by Gasteiger charge is -2.16. The Morgan fingerprint density at radius 1 is 1.58 bits per heavy atom. The van der Waals surface area contributed by atoms with Crippen LogP contribution in [0.5, 0.6) is 0 Å². The highest BCUT2D eigenvalue weighted by molar-refractivity contribution is 5.89. The molecular weight excluding hydrogens is 154 g/mol. The van der Waals surface area contributed by atoms with Crippen molar-refractivity contribution in [1.29, 1.82) is 0 Å². The second-order valence-electron chi connectivity index (χ2n) is 3.76. The first-order valence-electron chi connectivity index (χ1n) is 4.41. The lowest BCUT2D eigenvalue weighted by molar-refractivity contribution is -0.139. The van der Waals surface area contributed by atoms with E-state index in [4.69, 9.17) is 0 Å². The number of amides is 2. The Labute approximate surface area is 72.7 Å². The average molecular weight is 169 g/mol. The molecule has 68 valence electrons. The third-order valence-electron chi connectivity index (χ3n) is 1.90. The SMILES string of the molecule is CC(C)CN(C=O)C(=O)C1CC1. The summed E-state index contributed by atoms with van der Waals surface area (Å²) in [5, 5.41) is 0. The van der Waals surface area contributed by atoms with Gasteiger partial charge >= 0.3 is 0 Å². The van der Waals surface area contributed by atoms with Crippen molar-refractivity contribution in [3.05, 3.63) is 0 Å². The van der Waals surface area contributed by atoms with E-state index >= 15 is 0 Å². The molecule has 0 aromatic heterocycles. The first kappa shape index (κ1) is 9.23. The van der Waals surface area contributed by atoms with Gasteiger partial charge < -0.3 is 0 Å². The normalized spacial score (nSPS) is 16.2. The molecule has 0 N–H and O–H groups in total. The molecule has 0 unspecified atom stereocenters. The number of rotatable bonds is 4. The van der Waals surface area contributed by atoms with E-state index in [1.54, 1.807) is 0 Å². The second kappa shape index (κ2) is 3.70. The van der Waals surface area contributed by atoms with Crippen molar-refractivity contribution >= 4 is 12.3 Å². The van der Waals surface area contributed by atoms with E-state index in [0.29, 0.717) is 18.9 Å². The molecule has 1 rings (SSSR count). The monoisotopic (exact) mass is 169 g/mol. The highest BCUT2D eigenvalue weighted by Crippen LogP contribution is 2.30. The van der Waals surface area contributed by atoms with Crippen LogP contribution < -0.4 is 0 Å². The fraction of sp³-hybridized carbons (Fsp3) is 0.778. The molecule has 1 aliphatic rings. The topological polar surface area (TPSA) is 37.4 Å². The fourth-order valence-electron chi connectivity index (χ4n) is 1.14. The molecule has 0 radical (unpaired) electrons. The van der Waals surface area contributed by atoms with Gasteiger partial charge in [0.25, 0.3) is 0 Å². The summed E-state index contributed by atoms with van der Waals surface area (Å²) in [6.45, 7) is 4.55. The lowest BCUT2D eigenvalue weighted by Crippen LogP contribution is -2.33. The van der Waals surface area contributed by atoms with E-state index in [9.17, 15) is 9.59 Å². The molecule has 0 bridgehead atoms. The van der Waals surface area contributed by atoms with Crippen LogP contribution in [0.15, 0.2) is 0 Å². The minimum Gasteiger partial charge on any atom is -0.285 e. The number of imide groups is 1. The molecular formula is C9H15NO2. The summed E-state index contributed by atoms with van der Waals surface area (Å²) < 4.78 is 0. The first-order valence-corrected chi connectivity index (χ1v) is 4.41. The summed E-state index contributed by atoms with van der Waals surface area (Å²) in [7, 11) is 0. The molecule has 0 aliphatic heterocycles. The Morgan fingerprint density at radius 2 is 2.17 bits per heavy atom. The molecule has 0 spiro atoms. The Balaban J connectivity index is 2.42. The van der Waals surface area contributed by atoms with Gasteiger partial charge in [-0.15, -0.1) is 0 Å². The Bertz CT molecular complexity index is 185. The van der Waals surface area contributed by atoms with Crippen molar-refractivity contribution in [2.45, 2.75) is 26.7 Å². The summed E-state index contributed by atoms with van der Waals surface area (Å²) >= 11 is 0. The quantitative estimate of drug-likeness (QED) is 0.589. The summed E-state index contributed by atoms with van der Waals surface area (Å²) in [6.07, 6.45) is 2.57. The standard InChI is InChI=1S/C9H15NO2/c1-7(2)5-10(6-11)9(12)8-3-4-8/h6-8H,3-5H2,1-2H3. The summed E-state index contributed by atoms with van der Waals surface area (Å²) in [5.41, 5.74) is 0. The van der Waals surface area contributed by atoms with Gasteiger partial charge in [0.2, 0.25) is 12.3 Å². The van der Waals surface area contributed by atoms with Crippen molar-refractivity contribution in [1.82, 2.24) is 4.90 Å². The average Bonchev–Trinajstić information content (AvgIpc) is 2.80. The number of nitrogens with zero attached hydrogens (tertiary/aromatic N) is 1. The van der Waals surface area contributed by atoms with Gasteiger partial charge in [0.15, 0.2) is 0 Å². The minimum absolute atomic E-state index is 0.0127. The Kier molecular flexibility index (Phi) is 2.84. The van der Waals surface area contributed by atoms with Crippen LogP contribution in [0.3, 0.4) is 0 Å². The molecule has 3 nitrogen and oxygen atoms in total. The predicted molar refractivity (Wildman–Crippen MR) is 45.3 cm³/mol. The van der Waals surface area contributed by atoms with Gasteiger partial charge in [-0.25, -0.2) is 0 Å². The van der Waals surface area contributed by atoms with Gasteiger partial charge in [0.1, 0.15) is 0 Å². The van der Waals surface area contributed by atoms with Crippen molar-refractivity contribution in [3.63, 3.8) is 0 Å². The molecule has 1 aliphatic carbocycles. The maximum absolute atomic E-state index is 11.4. The number of carbonyl (C=O) groups excluding carboxylic acids is 2. The molecule has 12 heavy (non-hydrogen) atoms. The van der Waals surface area contributed by atoms with E-state index in [1.807, 2.05) is 13.8 Å². The maximum Gasteiger partial charge on any atom is 0.232 e. The zero-order valence-electron chi connectivity index (χ0n) is 7.62. The van der Waals surface area contributed by atoms with Crippen LogP contribution in [0.2, 0.25) is 0 Å². The van der Waals surface area contributed by atoms with Gasteiger partial charge in [0.05, 0.1) is 0 Å². The highest BCUT2D eigenvalue weighted by atomic mass is 16.2. The summed E-state index contributed by atoms with van der Waals surface area (Å²) in [5.74, 6) is 0.519. The number of hydrogen-bond acceptors (Lipinski definition) is 2. The molecule has 0 heterocycles. The zero-order chi connectivity index (χ0) is 9.14. The van der Waals surface area contributed by atoms with Crippen molar-refractivity contribution in [2.75, 3.05) is 6.54 Å². The summed E-state index contributed by atoms with van der Waals surface area (Å²) in [6, 6.07) is 0. The molecule has 0 aromatic rings. The van der Waals surface area contributed by atoms with Gasteiger partial charge in [-0.1, -0.05) is 13.8 Å². The zero-order valence-corrected chi connectivity index (χ0v) is 7.62. The molecule has 2 amide bonds. The third kappa shape index (κ3) is 2.32.